The summed E-state index contributed by atoms with van der Waals surface area (Å²) < 4.78 is 14.5. The van der Waals surface area contributed by atoms with Crippen LogP contribution >= 0.6 is 11.8 Å². The van der Waals surface area contributed by atoms with Crippen molar-refractivity contribution in [3.63, 3.8) is 0 Å². The summed E-state index contributed by atoms with van der Waals surface area (Å²) in [5.41, 5.74) is 2.66. The van der Waals surface area contributed by atoms with Crippen LogP contribution in [0.3, 0.4) is 0 Å². The van der Waals surface area contributed by atoms with Crippen molar-refractivity contribution in [1.29, 1.82) is 0 Å². The highest BCUT2D eigenvalue weighted by Gasteiger charge is 2.30. The Labute approximate surface area is 253 Å². The van der Waals surface area contributed by atoms with Crippen molar-refractivity contribution in [3.8, 4) is 0 Å². The van der Waals surface area contributed by atoms with Gasteiger partial charge < -0.3 is 10.2 Å². The van der Waals surface area contributed by atoms with E-state index in [0.29, 0.717) is 34.7 Å². The fourth-order valence-electron chi connectivity index (χ4n) is 5.91. The fourth-order valence-corrected chi connectivity index (χ4v) is 6.97. The van der Waals surface area contributed by atoms with E-state index in [1.165, 1.54) is 49.9 Å². The quantitative estimate of drug-likeness (QED) is 0.248. The summed E-state index contributed by atoms with van der Waals surface area (Å²) in [6.45, 7) is 6.15. The third-order valence-electron chi connectivity index (χ3n) is 8.45. The predicted octanol–water partition coefficient (Wildman–Crippen LogP) is 7.67. The SMILES string of the molecule is CCC(C)N(CCNC(=O)c1ccc(/C=C2/Sc3ccccc3N(Cc3ccccc3F)C2=O)cc1)C1CCCCC1. The second kappa shape index (κ2) is 14.2. The molecule has 7 heteroatoms. The van der Waals surface area contributed by atoms with Gasteiger partial charge in [-0.15, -0.1) is 0 Å². The lowest BCUT2D eigenvalue weighted by molar-refractivity contribution is -0.114. The van der Waals surface area contributed by atoms with Gasteiger partial charge in [-0.05, 0) is 68.2 Å². The summed E-state index contributed by atoms with van der Waals surface area (Å²) in [6.07, 6.45) is 9.38. The molecule has 1 unspecified atom stereocenters. The minimum atomic E-state index is -0.332. The number of carbonyl (C=O) groups excluding carboxylic acids is 2. The molecule has 1 fully saturated rings. The number of halogens is 1. The molecule has 0 radical (unpaired) electrons. The molecule has 2 amide bonds. The Kier molecular flexibility index (Phi) is 10.1. The van der Waals surface area contributed by atoms with Crippen LogP contribution in [0, 0.1) is 5.82 Å². The van der Waals surface area contributed by atoms with Crippen molar-refractivity contribution >= 4 is 35.3 Å². The van der Waals surface area contributed by atoms with Crippen molar-refractivity contribution in [2.75, 3.05) is 18.0 Å². The molecule has 5 nitrogen and oxygen atoms in total. The van der Waals surface area contributed by atoms with Gasteiger partial charge in [-0.3, -0.25) is 14.5 Å². The summed E-state index contributed by atoms with van der Waals surface area (Å²) in [5, 5.41) is 3.11. The molecule has 42 heavy (non-hydrogen) atoms. The molecule has 1 atom stereocenters. The number of fused-ring (bicyclic) bond motifs is 1. The Bertz CT molecular complexity index is 1420. The zero-order valence-corrected chi connectivity index (χ0v) is 25.3. The zero-order valence-electron chi connectivity index (χ0n) is 24.5. The average molecular weight is 586 g/mol. The lowest BCUT2D eigenvalue weighted by Gasteiger charge is -2.38. The van der Waals surface area contributed by atoms with Crippen LogP contribution < -0.4 is 10.2 Å². The predicted molar refractivity (Wildman–Crippen MR) is 170 cm³/mol. The van der Waals surface area contributed by atoms with Gasteiger partial charge in [0.25, 0.3) is 11.8 Å². The van der Waals surface area contributed by atoms with Crippen LogP contribution in [0.4, 0.5) is 10.1 Å². The smallest absolute Gasteiger partial charge is 0.265 e. The maximum absolute atomic E-state index is 14.5. The third kappa shape index (κ3) is 7.13. The van der Waals surface area contributed by atoms with Gasteiger partial charge in [0.05, 0.1) is 17.1 Å². The lowest BCUT2D eigenvalue weighted by atomic mass is 9.93. The van der Waals surface area contributed by atoms with Crippen molar-refractivity contribution in [2.24, 2.45) is 0 Å². The van der Waals surface area contributed by atoms with E-state index in [2.05, 4.69) is 24.1 Å². The monoisotopic (exact) mass is 585 g/mol. The molecule has 1 aliphatic carbocycles. The van der Waals surface area contributed by atoms with Crippen LogP contribution in [-0.2, 0) is 11.3 Å². The van der Waals surface area contributed by atoms with Gasteiger partial charge in [0, 0.05) is 41.2 Å². The molecule has 1 saturated carbocycles. The van der Waals surface area contributed by atoms with E-state index in [1.807, 2.05) is 42.5 Å². The van der Waals surface area contributed by atoms with E-state index >= 15 is 0 Å². The Morgan fingerprint density at radius 2 is 1.76 bits per heavy atom. The molecular weight excluding hydrogens is 545 g/mol. The molecule has 1 heterocycles. The molecule has 1 aliphatic heterocycles. The Hall–Kier alpha value is -3.42. The first-order valence-electron chi connectivity index (χ1n) is 15.1. The third-order valence-corrected chi connectivity index (χ3v) is 9.52. The fraction of sp³-hybridized carbons (Fsp3) is 0.371. The van der Waals surface area contributed by atoms with E-state index < -0.39 is 0 Å². The number of hydrogen-bond donors (Lipinski definition) is 1. The number of rotatable bonds is 10. The number of hydrogen-bond acceptors (Lipinski definition) is 4. The summed E-state index contributed by atoms with van der Waals surface area (Å²) in [5.74, 6) is -0.593. The van der Waals surface area contributed by atoms with Crippen LogP contribution in [0.2, 0.25) is 0 Å². The number of carbonyl (C=O) groups is 2. The van der Waals surface area contributed by atoms with Crippen LogP contribution in [-0.4, -0.2) is 41.9 Å². The average Bonchev–Trinajstić information content (AvgIpc) is 3.02. The molecule has 3 aromatic rings. The van der Waals surface area contributed by atoms with Crippen LogP contribution in [0.5, 0.6) is 0 Å². The van der Waals surface area contributed by atoms with Gasteiger partial charge in [-0.1, -0.05) is 80.4 Å². The van der Waals surface area contributed by atoms with Gasteiger partial charge >= 0.3 is 0 Å². The number of para-hydroxylation sites is 1. The normalized spacial score (nSPS) is 17.4. The molecule has 2 aliphatic rings. The molecule has 0 aromatic heterocycles. The number of anilines is 1. The minimum absolute atomic E-state index is 0.0879. The van der Waals surface area contributed by atoms with Crippen molar-refractivity contribution in [1.82, 2.24) is 10.2 Å². The molecular formula is C35H40FN3O2S. The summed E-state index contributed by atoms with van der Waals surface area (Å²) in [4.78, 5) is 32.2. The Morgan fingerprint density at radius 1 is 1.05 bits per heavy atom. The molecule has 5 rings (SSSR count). The van der Waals surface area contributed by atoms with Crippen LogP contribution in [0.1, 0.15) is 73.9 Å². The second-order valence-electron chi connectivity index (χ2n) is 11.2. The zero-order chi connectivity index (χ0) is 29.5. The molecule has 1 N–H and O–H groups in total. The largest absolute Gasteiger partial charge is 0.351 e. The summed E-state index contributed by atoms with van der Waals surface area (Å²) in [6, 6.07) is 22.7. The van der Waals surface area contributed by atoms with Crippen molar-refractivity contribution in [2.45, 2.75) is 75.9 Å². The highest BCUT2D eigenvalue weighted by molar-refractivity contribution is 8.04. The van der Waals surface area contributed by atoms with E-state index in [1.54, 1.807) is 35.2 Å². The molecule has 220 valence electrons. The van der Waals surface area contributed by atoms with E-state index in [9.17, 15) is 14.0 Å². The first-order chi connectivity index (χ1) is 20.4. The van der Waals surface area contributed by atoms with Crippen LogP contribution in [0.15, 0.2) is 82.6 Å². The second-order valence-corrected chi connectivity index (χ2v) is 12.3. The van der Waals surface area contributed by atoms with E-state index in [4.69, 9.17) is 0 Å². The van der Waals surface area contributed by atoms with Crippen molar-refractivity contribution < 1.29 is 14.0 Å². The molecule has 0 spiro atoms. The number of nitrogens with zero attached hydrogens (tertiary/aromatic N) is 2. The first kappa shape index (κ1) is 30.1. The Balaban J connectivity index is 1.25. The van der Waals surface area contributed by atoms with Crippen molar-refractivity contribution in [3.05, 3.63) is 100 Å². The maximum atomic E-state index is 14.5. The number of benzene rings is 3. The minimum Gasteiger partial charge on any atom is -0.351 e. The van der Waals surface area contributed by atoms with Gasteiger partial charge in [0.2, 0.25) is 0 Å². The van der Waals surface area contributed by atoms with Crippen LogP contribution in [0.25, 0.3) is 6.08 Å². The van der Waals surface area contributed by atoms with Gasteiger partial charge in [-0.25, -0.2) is 4.39 Å². The molecule has 0 saturated heterocycles. The summed E-state index contributed by atoms with van der Waals surface area (Å²) in [7, 11) is 0. The van der Waals surface area contributed by atoms with E-state index in [0.717, 1.165) is 29.1 Å². The lowest BCUT2D eigenvalue weighted by Crippen LogP contribution is -2.46. The molecule has 0 bridgehead atoms. The highest BCUT2D eigenvalue weighted by Crippen LogP contribution is 2.42. The molecule has 3 aromatic carbocycles. The topological polar surface area (TPSA) is 52.7 Å². The first-order valence-corrected chi connectivity index (χ1v) is 15.9. The van der Waals surface area contributed by atoms with Gasteiger partial charge in [-0.2, -0.15) is 0 Å². The van der Waals surface area contributed by atoms with Gasteiger partial charge in [0.15, 0.2) is 0 Å². The number of nitrogens with one attached hydrogen (secondary N) is 1. The Morgan fingerprint density at radius 3 is 2.50 bits per heavy atom. The number of thioether (sulfide) groups is 1. The maximum Gasteiger partial charge on any atom is 0.265 e. The van der Waals surface area contributed by atoms with E-state index in [-0.39, 0.29) is 24.2 Å². The number of amides is 2. The standard InChI is InChI=1S/C35H40FN3O2S/c1-3-25(2)38(29-12-5-4-6-13-29)22-21-37-34(40)27-19-17-26(18-20-27)23-33-35(41)39(24-28-11-7-8-14-30(28)36)31-15-9-10-16-32(31)42-33/h7-11,14-20,23,25,29H,3-6,12-13,21-22,24H2,1-2H3,(H,37,40)/b33-23+. The highest BCUT2D eigenvalue weighted by atomic mass is 32.2. The van der Waals surface area contributed by atoms with Gasteiger partial charge in [0.1, 0.15) is 5.82 Å². The summed E-state index contributed by atoms with van der Waals surface area (Å²) >= 11 is 1.41.